The van der Waals surface area contributed by atoms with E-state index in [1.165, 1.54) is 12.3 Å². The van der Waals surface area contributed by atoms with Crippen molar-refractivity contribution in [1.29, 1.82) is 0 Å². The number of nitrogens with zero attached hydrogens (tertiary/aromatic N) is 6. The molecule has 0 aliphatic carbocycles. The molecular formula is C19H17F2N7O. The second-order valence-electron chi connectivity index (χ2n) is 6.87. The molecular weight excluding hydrogens is 380 g/mol. The molecule has 8 nitrogen and oxygen atoms in total. The molecule has 0 amide bonds. The van der Waals surface area contributed by atoms with Crippen molar-refractivity contribution in [3.05, 3.63) is 74.7 Å². The summed E-state index contributed by atoms with van der Waals surface area (Å²) in [6, 6.07) is 6.33. The number of H-pyrrole nitrogens is 1. The molecule has 1 atom stereocenters. The van der Waals surface area contributed by atoms with Gasteiger partial charge in [-0.15, -0.1) is 5.10 Å². The van der Waals surface area contributed by atoms with E-state index in [2.05, 4.69) is 25.4 Å². The van der Waals surface area contributed by atoms with E-state index < -0.39 is 12.0 Å². The zero-order chi connectivity index (χ0) is 20.5. The van der Waals surface area contributed by atoms with Gasteiger partial charge in [-0.2, -0.15) is 5.10 Å². The summed E-state index contributed by atoms with van der Waals surface area (Å²) in [5.41, 5.74) is 1.92. The minimum atomic E-state index is -2.56. The molecule has 0 saturated carbocycles. The van der Waals surface area contributed by atoms with Gasteiger partial charge in [0, 0.05) is 18.0 Å². The first kappa shape index (κ1) is 18.7. The lowest BCUT2D eigenvalue weighted by Crippen LogP contribution is -2.39. The van der Waals surface area contributed by atoms with E-state index in [9.17, 15) is 13.6 Å². The summed E-state index contributed by atoms with van der Waals surface area (Å²) in [5.74, 6) is 0. The molecule has 0 saturated heterocycles. The fourth-order valence-electron chi connectivity index (χ4n) is 3.62. The number of alkyl halides is 2. The van der Waals surface area contributed by atoms with Gasteiger partial charge < -0.3 is 4.90 Å². The molecule has 3 heterocycles. The molecule has 2 aromatic heterocycles. The molecule has 0 fully saturated rings. The van der Waals surface area contributed by atoms with Crippen molar-refractivity contribution < 1.29 is 8.78 Å². The van der Waals surface area contributed by atoms with Crippen LogP contribution in [-0.4, -0.2) is 31.2 Å². The van der Waals surface area contributed by atoms with E-state index in [1.807, 2.05) is 11.8 Å². The first-order valence-corrected chi connectivity index (χ1v) is 8.98. The molecule has 0 spiro atoms. The Morgan fingerprint density at radius 2 is 2.17 bits per heavy atom. The Hall–Kier alpha value is -3.61. The molecule has 1 N–H and O–H groups in total. The minimum absolute atomic E-state index is 0.0153. The second-order valence-corrected chi connectivity index (χ2v) is 6.87. The van der Waals surface area contributed by atoms with Gasteiger partial charge in [0.05, 0.1) is 37.2 Å². The zero-order valence-electron chi connectivity index (χ0n) is 15.5. The maximum Gasteiger partial charge on any atom is 0.275 e. The maximum absolute atomic E-state index is 13.3. The minimum Gasteiger partial charge on any atom is -0.370 e. The van der Waals surface area contributed by atoms with Crippen molar-refractivity contribution in [1.82, 2.24) is 25.2 Å². The normalized spacial score (nSPS) is 16.0. The highest BCUT2D eigenvalue weighted by Crippen LogP contribution is 2.32. The van der Waals surface area contributed by atoms with Crippen LogP contribution >= 0.6 is 0 Å². The van der Waals surface area contributed by atoms with Crippen LogP contribution in [0.5, 0.6) is 0 Å². The number of rotatable bonds is 4. The van der Waals surface area contributed by atoms with Crippen molar-refractivity contribution in [3.8, 4) is 0 Å². The topological polar surface area (TPSA) is 84.1 Å². The lowest BCUT2D eigenvalue weighted by Gasteiger charge is -2.35. The standard InChI is InChI=1S/C19H17F2N7O/c1-11-7-15-14(10-27(11)16-8-23-25-19(29)17(16)22-2)24-26-28(15)9-12-5-3-4-6-13(12)18(20)21/h3-6,8,11,18H,7,9-10H2,1H3,(H,25,29)/t11-/m0/s1. The van der Waals surface area contributed by atoms with Crippen molar-refractivity contribution in [2.24, 2.45) is 0 Å². The molecule has 0 radical (unpaired) electrons. The molecule has 0 bridgehead atoms. The van der Waals surface area contributed by atoms with Crippen LogP contribution in [0, 0.1) is 6.57 Å². The Labute approximate surface area is 164 Å². The fraction of sp³-hybridized carbons (Fsp3) is 0.316. The Morgan fingerprint density at radius 1 is 1.38 bits per heavy atom. The van der Waals surface area contributed by atoms with E-state index in [0.29, 0.717) is 29.9 Å². The van der Waals surface area contributed by atoms with Crippen LogP contribution in [0.25, 0.3) is 4.85 Å². The Kier molecular flexibility index (Phi) is 4.80. The van der Waals surface area contributed by atoms with E-state index >= 15 is 0 Å². The number of hydrogen-bond acceptors (Lipinski definition) is 5. The van der Waals surface area contributed by atoms with Gasteiger partial charge in [-0.3, -0.25) is 9.89 Å². The van der Waals surface area contributed by atoms with Gasteiger partial charge in [-0.25, -0.2) is 18.3 Å². The highest BCUT2D eigenvalue weighted by Gasteiger charge is 2.30. The van der Waals surface area contributed by atoms with Crippen molar-refractivity contribution in [2.45, 2.75) is 38.9 Å². The smallest absolute Gasteiger partial charge is 0.275 e. The van der Waals surface area contributed by atoms with Crippen LogP contribution in [0.15, 0.2) is 35.3 Å². The van der Waals surface area contributed by atoms with Gasteiger partial charge in [0.2, 0.25) is 0 Å². The predicted octanol–water partition coefficient (Wildman–Crippen LogP) is 2.85. The van der Waals surface area contributed by atoms with Gasteiger partial charge in [-0.05, 0) is 12.5 Å². The summed E-state index contributed by atoms with van der Waals surface area (Å²) in [5, 5.41) is 14.5. The number of anilines is 1. The van der Waals surface area contributed by atoms with Crippen LogP contribution in [0.4, 0.5) is 20.2 Å². The monoisotopic (exact) mass is 397 g/mol. The SMILES string of the molecule is [C-]#[N+]c1c(N2Cc3nnn(Cc4ccccc4C(F)F)c3C[C@@H]2C)cn[nH]c1=O. The number of benzene rings is 1. The third-order valence-electron chi connectivity index (χ3n) is 5.10. The van der Waals surface area contributed by atoms with Crippen molar-refractivity contribution in [3.63, 3.8) is 0 Å². The summed E-state index contributed by atoms with van der Waals surface area (Å²) in [4.78, 5) is 17.1. The van der Waals surface area contributed by atoms with E-state index in [1.54, 1.807) is 22.9 Å². The fourth-order valence-corrected chi connectivity index (χ4v) is 3.62. The average Bonchev–Trinajstić information content (AvgIpc) is 3.09. The first-order chi connectivity index (χ1) is 14.0. The van der Waals surface area contributed by atoms with Crippen LogP contribution in [0.2, 0.25) is 0 Å². The van der Waals surface area contributed by atoms with E-state index in [-0.39, 0.29) is 23.8 Å². The third kappa shape index (κ3) is 3.35. The molecule has 10 heteroatoms. The van der Waals surface area contributed by atoms with Crippen LogP contribution < -0.4 is 10.5 Å². The highest BCUT2D eigenvalue weighted by molar-refractivity contribution is 5.69. The first-order valence-electron chi connectivity index (χ1n) is 8.98. The molecule has 0 unspecified atom stereocenters. The van der Waals surface area contributed by atoms with Crippen molar-refractivity contribution in [2.75, 3.05) is 4.90 Å². The third-order valence-corrected chi connectivity index (χ3v) is 5.10. The summed E-state index contributed by atoms with van der Waals surface area (Å²) in [6.45, 7) is 9.81. The largest absolute Gasteiger partial charge is 0.370 e. The Morgan fingerprint density at radius 3 is 2.93 bits per heavy atom. The van der Waals surface area contributed by atoms with Crippen LogP contribution in [-0.2, 0) is 19.5 Å². The summed E-state index contributed by atoms with van der Waals surface area (Å²) in [6.07, 6.45) is -0.557. The molecule has 1 aromatic carbocycles. The molecule has 29 heavy (non-hydrogen) atoms. The lowest BCUT2D eigenvalue weighted by molar-refractivity contribution is 0.150. The summed E-state index contributed by atoms with van der Waals surface area (Å²) < 4.78 is 28.2. The van der Waals surface area contributed by atoms with Crippen LogP contribution in [0.3, 0.4) is 0 Å². The molecule has 4 rings (SSSR count). The van der Waals surface area contributed by atoms with E-state index in [4.69, 9.17) is 6.57 Å². The molecule has 1 aliphatic heterocycles. The predicted molar refractivity (Wildman–Crippen MR) is 101 cm³/mol. The number of fused-ring (bicyclic) bond motifs is 1. The number of nitrogens with one attached hydrogen (secondary N) is 1. The van der Waals surface area contributed by atoms with Gasteiger partial charge in [-0.1, -0.05) is 29.5 Å². The maximum atomic E-state index is 13.3. The van der Waals surface area contributed by atoms with Crippen LogP contribution in [0.1, 0.15) is 35.9 Å². The number of hydrogen-bond donors (Lipinski definition) is 1. The van der Waals surface area contributed by atoms with Gasteiger partial charge in [0.1, 0.15) is 5.69 Å². The van der Waals surface area contributed by atoms with Gasteiger partial charge in [0.25, 0.3) is 17.7 Å². The summed E-state index contributed by atoms with van der Waals surface area (Å²) in [7, 11) is 0. The Bertz CT molecular complexity index is 1150. The Balaban J connectivity index is 1.66. The molecule has 148 valence electrons. The molecule has 3 aromatic rings. The lowest BCUT2D eigenvalue weighted by atomic mass is 10.0. The number of aromatic amines is 1. The zero-order valence-corrected chi connectivity index (χ0v) is 15.5. The van der Waals surface area contributed by atoms with Gasteiger partial charge in [0.15, 0.2) is 0 Å². The summed E-state index contributed by atoms with van der Waals surface area (Å²) >= 11 is 0. The number of aromatic nitrogens is 5. The highest BCUT2D eigenvalue weighted by atomic mass is 19.3. The quantitative estimate of drug-likeness (QED) is 0.685. The second kappa shape index (κ2) is 7.43. The molecule has 1 aliphatic rings. The average molecular weight is 397 g/mol. The number of halogens is 2. The van der Waals surface area contributed by atoms with E-state index in [0.717, 1.165) is 5.69 Å². The van der Waals surface area contributed by atoms with Gasteiger partial charge >= 0.3 is 0 Å². The van der Waals surface area contributed by atoms with Crippen molar-refractivity contribution >= 4 is 11.4 Å².